The molecule has 1 amide bonds. The van der Waals surface area contributed by atoms with Crippen LogP contribution < -0.4 is 11.1 Å². The highest BCUT2D eigenvalue weighted by Crippen LogP contribution is 2.64. The molecule has 0 spiro atoms. The van der Waals surface area contributed by atoms with Crippen molar-refractivity contribution in [2.24, 2.45) is 22.5 Å². The number of hydrogen-bond acceptors (Lipinski definition) is 17. The normalized spacial score (nSPS) is 30.0. The molecule has 3 aromatic carbocycles. The zero-order valence-electron chi connectivity index (χ0n) is 38.9. The van der Waals surface area contributed by atoms with Crippen LogP contribution in [0.2, 0.25) is 0 Å². The third-order valence-electron chi connectivity index (χ3n) is 14.0. The van der Waals surface area contributed by atoms with E-state index in [1.165, 1.54) is 26.0 Å². The first-order valence-electron chi connectivity index (χ1n) is 22.3. The number of hydrogen-bond donors (Lipinski definition) is 7. The summed E-state index contributed by atoms with van der Waals surface area (Å²) >= 11 is 0. The largest absolute Gasteiger partial charge is 0.479 e. The van der Waals surface area contributed by atoms with Crippen LogP contribution in [0.5, 0.6) is 0 Å². The zero-order valence-corrected chi connectivity index (χ0v) is 38.9. The number of nitrogens with two attached hydrogens (primary N) is 1. The van der Waals surface area contributed by atoms with Gasteiger partial charge in [-0.25, -0.2) is 14.4 Å². The first-order valence-corrected chi connectivity index (χ1v) is 22.3. The second-order valence-corrected chi connectivity index (χ2v) is 18.4. The first kappa shape index (κ1) is 52.0. The van der Waals surface area contributed by atoms with Gasteiger partial charge >= 0.3 is 29.8 Å². The van der Waals surface area contributed by atoms with E-state index >= 15 is 4.79 Å². The van der Waals surface area contributed by atoms with E-state index in [9.17, 15) is 44.1 Å². The number of carboxylic acids is 1. The molecule has 3 aromatic rings. The number of ether oxygens (including phenoxy) is 5. The Hall–Kier alpha value is -6.35. The molecule has 3 aliphatic carbocycles. The zero-order chi connectivity index (χ0) is 50.8. The van der Waals surface area contributed by atoms with Gasteiger partial charge in [-0.1, -0.05) is 80.6 Å². The summed E-state index contributed by atoms with van der Waals surface area (Å²) in [6.45, 7) is 7.75. The Labute approximate surface area is 397 Å². The van der Waals surface area contributed by atoms with Gasteiger partial charge in [-0.2, -0.15) is 0 Å². The number of fused-ring (bicyclic) bond motifs is 5. The van der Waals surface area contributed by atoms with Gasteiger partial charge in [-0.15, -0.1) is 0 Å². The number of carbonyl (C=O) groups is 7. The molecule has 69 heavy (non-hydrogen) atoms. The summed E-state index contributed by atoms with van der Waals surface area (Å²) in [4.78, 5) is 93.1. The van der Waals surface area contributed by atoms with Crippen molar-refractivity contribution >= 4 is 41.5 Å². The second kappa shape index (κ2) is 20.3. The Morgan fingerprint density at radius 2 is 1.41 bits per heavy atom. The molecule has 12 atom stereocenters. The minimum absolute atomic E-state index is 0.00289. The Bertz CT molecular complexity index is 2470. The van der Waals surface area contributed by atoms with Gasteiger partial charge < -0.3 is 60.3 Å². The van der Waals surface area contributed by atoms with Crippen molar-refractivity contribution in [2.75, 3.05) is 13.2 Å². The number of esters is 4. The van der Waals surface area contributed by atoms with Crippen LogP contribution in [0.3, 0.4) is 0 Å². The fourth-order valence-corrected chi connectivity index (χ4v) is 10.3. The van der Waals surface area contributed by atoms with Gasteiger partial charge in [0, 0.05) is 44.2 Å². The number of ketones is 1. The van der Waals surface area contributed by atoms with E-state index in [4.69, 9.17) is 39.6 Å². The van der Waals surface area contributed by atoms with E-state index in [0.29, 0.717) is 5.56 Å². The third kappa shape index (κ3) is 9.67. The van der Waals surface area contributed by atoms with Crippen LogP contribution in [0, 0.1) is 16.7 Å². The topological polar surface area (TPSA) is 305 Å². The molecule has 0 radical (unpaired) electrons. The molecule has 370 valence electrons. The van der Waals surface area contributed by atoms with E-state index in [1.807, 2.05) is 0 Å². The van der Waals surface area contributed by atoms with Crippen molar-refractivity contribution in [1.82, 2.24) is 5.32 Å². The highest BCUT2D eigenvalue weighted by molar-refractivity contribution is 5.96. The molecular formula is C50H58N2O17. The monoisotopic (exact) mass is 958 g/mol. The molecule has 19 heteroatoms. The maximum atomic E-state index is 15.5. The molecule has 7 rings (SSSR count). The molecule has 19 nitrogen and oxygen atoms in total. The predicted molar refractivity (Wildman–Crippen MR) is 240 cm³/mol. The predicted octanol–water partition coefficient (Wildman–Crippen LogP) is 2.13. The Kier molecular flexibility index (Phi) is 15.3. The maximum absolute atomic E-state index is 15.5. The number of carbonyl (C=O) groups excluding carboxylic acids is 6. The average molecular weight is 959 g/mol. The Morgan fingerprint density at radius 1 is 0.841 bits per heavy atom. The van der Waals surface area contributed by atoms with E-state index in [2.05, 4.69) is 5.32 Å². The number of aliphatic hydroxyl groups excluding tert-OH is 3. The van der Waals surface area contributed by atoms with E-state index < -0.39 is 125 Å². The Balaban J connectivity index is 0.00000104. The number of amides is 1. The first-order chi connectivity index (χ1) is 32.5. The van der Waals surface area contributed by atoms with Gasteiger partial charge in [0.2, 0.25) is 0 Å². The van der Waals surface area contributed by atoms with Crippen molar-refractivity contribution in [2.45, 2.75) is 114 Å². The highest BCUT2D eigenvalue weighted by Gasteiger charge is 2.78. The van der Waals surface area contributed by atoms with Crippen molar-refractivity contribution in [1.29, 1.82) is 0 Å². The highest BCUT2D eigenvalue weighted by atomic mass is 16.6. The van der Waals surface area contributed by atoms with Crippen molar-refractivity contribution in [3.8, 4) is 0 Å². The van der Waals surface area contributed by atoms with Crippen molar-refractivity contribution in [3.05, 3.63) is 119 Å². The number of benzene rings is 3. The van der Waals surface area contributed by atoms with Crippen LogP contribution in [-0.2, 0) is 47.7 Å². The van der Waals surface area contributed by atoms with E-state index in [-0.39, 0.29) is 41.8 Å². The quantitative estimate of drug-likeness (QED) is 0.0777. The number of carboxylic acid groups (broad SMARTS) is 1. The Morgan fingerprint density at radius 3 is 1.90 bits per heavy atom. The van der Waals surface area contributed by atoms with Gasteiger partial charge in [0.05, 0.1) is 35.6 Å². The van der Waals surface area contributed by atoms with E-state index in [0.717, 1.165) is 13.8 Å². The summed E-state index contributed by atoms with van der Waals surface area (Å²) in [7, 11) is 0. The molecule has 2 bridgehead atoms. The molecule has 4 aliphatic rings. The molecule has 2 saturated carbocycles. The molecule has 1 aliphatic heterocycles. The lowest BCUT2D eigenvalue weighted by Gasteiger charge is -2.67. The summed E-state index contributed by atoms with van der Waals surface area (Å²) in [6, 6.07) is 22.9. The number of nitrogens with one attached hydrogen (secondary N) is 1. The molecule has 0 aromatic heterocycles. The smallest absolute Gasteiger partial charge is 0.338 e. The minimum Gasteiger partial charge on any atom is -0.479 e. The lowest BCUT2D eigenvalue weighted by Crippen LogP contribution is -2.82. The van der Waals surface area contributed by atoms with Crippen LogP contribution >= 0.6 is 0 Å². The molecule has 8 N–H and O–H groups in total. The van der Waals surface area contributed by atoms with Crippen LogP contribution in [0.4, 0.5) is 0 Å². The number of aliphatic carboxylic acids is 1. The summed E-state index contributed by atoms with van der Waals surface area (Å²) < 4.78 is 30.3. The number of aliphatic hydroxyl groups is 4. The van der Waals surface area contributed by atoms with Gasteiger partial charge in [-0.05, 0) is 54.8 Å². The van der Waals surface area contributed by atoms with Gasteiger partial charge in [0.15, 0.2) is 29.7 Å². The molecule has 1 unspecified atom stereocenters. The molecular weight excluding hydrogens is 901 g/mol. The van der Waals surface area contributed by atoms with Gasteiger partial charge in [0.25, 0.3) is 5.91 Å². The SMILES string of the molecule is CC(=O)O[C@H]1C(=O)[C@@]2(C)[C@H]([C@H](OC(=O)c3ccccc3)[C@]3(O)C[C@H](OC(=O)[C@H](O)[C@@H](NC(=O)c4ccccc4)c4ccccc4)C(C)=C1C3(C)C)[C@]1(OC(C)=O)CO[C@@H]1C[C@@H]2O.NCC(O)C(=O)O. The number of rotatable bonds is 12. The molecule has 1 heterocycles. The molecule has 1 saturated heterocycles. The maximum Gasteiger partial charge on any atom is 0.338 e. The lowest BCUT2D eigenvalue weighted by atomic mass is 9.44. The van der Waals surface area contributed by atoms with Crippen molar-refractivity contribution in [3.63, 3.8) is 0 Å². The van der Waals surface area contributed by atoms with E-state index in [1.54, 1.807) is 92.7 Å². The standard InChI is InChI=1S/C47H51NO14.C3H7NO3/c1-25-31(60-43(56)36(52)35(28-16-10-7-11-17-28)48-41(54)29-18-12-8-13-19-29)23-47(57)40(61-42(55)30-20-14-9-15-21-30)38-45(6,32(51)22-33-46(38,24-58-33)62-27(3)50)39(53)37(59-26(2)49)34(25)44(47,4)5;4-1-2(5)3(6)7/h7-21,31-33,35-38,40,51-52,57H,22-24H2,1-6H3,(H,48,54);2,5H,1,4H2,(H,6,7)/t31-,32-,33+,35-,36+,37+,38-,40-,45+,46-,47+;/m0./s1. The summed E-state index contributed by atoms with van der Waals surface area (Å²) in [5.74, 6) is -8.12. The van der Waals surface area contributed by atoms with Crippen LogP contribution in [-0.4, -0.2) is 134 Å². The fourth-order valence-electron chi connectivity index (χ4n) is 10.3. The van der Waals surface area contributed by atoms with Crippen LogP contribution in [0.25, 0.3) is 0 Å². The van der Waals surface area contributed by atoms with Crippen LogP contribution in [0.1, 0.15) is 86.7 Å². The average Bonchev–Trinajstić information content (AvgIpc) is 3.31. The lowest BCUT2D eigenvalue weighted by molar-refractivity contribution is -0.346. The third-order valence-corrected chi connectivity index (χ3v) is 14.0. The van der Waals surface area contributed by atoms with Gasteiger partial charge in [-0.3, -0.25) is 19.2 Å². The summed E-state index contributed by atoms with van der Waals surface area (Å²) in [5, 5.41) is 56.3. The minimum atomic E-state index is -2.39. The van der Waals surface area contributed by atoms with Crippen molar-refractivity contribution < 1.29 is 82.8 Å². The second-order valence-electron chi connectivity index (χ2n) is 18.4. The van der Waals surface area contributed by atoms with Gasteiger partial charge in [0.1, 0.15) is 23.9 Å². The molecule has 3 fully saturated rings. The summed E-state index contributed by atoms with van der Waals surface area (Å²) in [6.07, 6.45) is -11.9. The summed E-state index contributed by atoms with van der Waals surface area (Å²) in [5.41, 5.74) is -2.28. The van der Waals surface area contributed by atoms with Crippen LogP contribution in [0.15, 0.2) is 102 Å². The fraction of sp³-hybridized carbons (Fsp3) is 0.460. The number of Topliss-reactive ketones (excluding diaryl/α,β-unsaturated/α-hetero) is 1.